The second kappa shape index (κ2) is 2.17. The first-order valence-electron chi connectivity index (χ1n) is 2.96. The van der Waals surface area contributed by atoms with E-state index in [1.54, 1.807) is 7.05 Å². The zero-order valence-electron chi connectivity index (χ0n) is 5.26. The Kier molecular flexibility index (Phi) is 1.51. The molecule has 9 heavy (non-hydrogen) atoms. The van der Waals surface area contributed by atoms with Crippen LogP contribution in [0.4, 0.5) is 0 Å². The molecule has 0 radical (unpaired) electrons. The summed E-state index contributed by atoms with van der Waals surface area (Å²) in [6, 6.07) is 0. The summed E-state index contributed by atoms with van der Waals surface area (Å²) < 4.78 is 0. The van der Waals surface area contributed by atoms with Crippen LogP contribution in [0.5, 0.6) is 0 Å². The molecule has 1 N–H and O–H groups in total. The first-order valence-corrected chi connectivity index (χ1v) is 2.96. The second-order valence-corrected chi connectivity index (χ2v) is 2.26. The lowest BCUT2D eigenvalue weighted by atomic mass is 10.3. The normalized spacial score (nSPS) is 31.2. The van der Waals surface area contributed by atoms with Gasteiger partial charge in [-0.2, -0.15) is 0 Å². The molecular formula is C6H9NO2. The minimum Gasteiger partial charge on any atom is -0.359 e. The molecule has 50 valence electrons. The van der Waals surface area contributed by atoms with Crippen molar-refractivity contribution >= 4 is 12.2 Å². The van der Waals surface area contributed by atoms with Gasteiger partial charge < -0.3 is 10.1 Å². The fraction of sp³-hybridized carbons (Fsp3) is 0.667. The van der Waals surface area contributed by atoms with Crippen LogP contribution in [0.2, 0.25) is 0 Å². The van der Waals surface area contributed by atoms with Crippen molar-refractivity contribution in [1.29, 1.82) is 0 Å². The molecule has 1 rings (SSSR count). The number of carbonyl (C=O) groups is 2. The predicted octanol–water partition coefficient (Wildman–Crippen LogP) is -0.433. The van der Waals surface area contributed by atoms with Gasteiger partial charge in [-0.25, -0.2) is 0 Å². The average molecular weight is 127 g/mol. The standard InChI is InChI=1S/C6H9NO2/c1-7-6(9)5-2-4(5)3-8/h3-5H,2H2,1H3,(H,7,9)/t4-,5-/m1/s1. The number of hydrogen-bond donors (Lipinski definition) is 1. The van der Waals surface area contributed by atoms with Crippen LogP contribution >= 0.6 is 0 Å². The lowest BCUT2D eigenvalue weighted by Gasteiger charge is -1.91. The Morgan fingerprint density at radius 1 is 1.78 bits per heavy atom. The average Bonchev–Trinajstić information content (AvgIpc) is 2.64. The SMILES string of the molecule is CNC(=O)[C@@H]1C[C@@H]1C=O. The van der Waals surface area contributed by atoms with Crippen molar-refractivity contribution in [2.24, 2.45) is 11.8 Å². The highest BCUT2D eigenvalue weighted by Gasteiger charge is 2.42. The molecule has 0 bridgehead atoms. The summed E-state index contributed by atoms with van der Waals surface area (Å²) in [4.78, 5) is 20.7. The molecular weight excluding hydrogens is 118 g/mol. The quantitative estimate of drug-likeness (QED) is 0.511. The molecule has 1 aliphatic carbocycles. The van der Waals surface area contributed by atoms with E-state index in [0.717, 1.165) is 12.7 Å². The van der Waals surface area contributed by atoms with E-state index in [4.69, 9.17) is 0 Å². The van der Waals surface area contributed by atoms with Gasteiger partial charge in [0.15, 0.2) is 0 Å². The molecule has 0 aromatic rings. The van der Waals surface area contributed by atoms with Crippen molar-refractivity contribution < 1.29 is 9.59 Å². The number of amides is 1. The monoisotopic (exact) mass is 127 g/mol. The summed E-state index contributed by atoms with van der Waals surface area (Å²) in [6.07, 6.45) is 1.59. The molecule has 1 fully saturated rings. The van der Waals surface area contributed by atoms with Crippen molar-refractivity contribution in [3.63, 3.8) is 0 Å². The molecule has 0 spiro atoms. The van der Waals surface area contributed by atoms with Crippen LogP contribution in [0.1, 0.15) is 6.42 Å². The molecule has 3 heteroatoms. The van der Waals surface area contributed by atoms with Gasteiger partial charge in [-0.3, -0.25) is 4.79 Å². The third-order valence-electron chi connectivity index (χ3n) is 1.60. The maximum atomic E-state index is 10.7. The lowest BCUT2D eigenvalue weighted by molar-refractivity contribution is -0.123. The zero-order valence-corrected chi connectivity index (χ0v) is 5.26. The highest BCUT2D eigenvalue weighted by Crippen LogP contribution is 2.36. The van der Waals surface area contributed by atoms with E-state index in [-0.39, 0.29) is 17.7 Å². The van der Waals surface area contributed by atoms with E-state index in [9.17, 15) is 9.59 Å². The van der Waals surface area contributed by atoms with Crippen LogP contribution in [-0.4, -0.2) is 19.2 Å². The minimum atomic E-state index is -0.0208. The maximum absolute atomic E-state index is 10.7. The van der Waals surface area contributed by atoms with Gasteiger partial charge in [-0.05, 0) is 6.42 Å². The lowest BCUT2D eigenvalue weighted by Crippen LogP contribution is -2.20. The smallest absolute Gasteiger partial charge is 0.223 e. The van der Waals surface area contributed by atoms with E-state index in [1.165, 1.54) is 0 Å². The van der Waals surface area contributed by atoms with Gasteiger partial charge in [0.25, 0.3) is 0 Å². The Labute approximate surface area is 53.4 Å². The number of rotatable bonds is 2. The van der Waals surface area contributed by atoms with E-state index in [2.05, 4.69) is 5.32 Å². The number of hydrogen-bond acceptors (Lipinski definition) is 2. The zero-order chi connectivity index (χ0) is 6.85. The van der Waals surface area contributed by atoms with Crippen LogP contribution in [0.15, 0.2) is 0 Å². The van der Waals surface area contributed by atoms with Gasteiger partial charge >= 0.3 is 0 Å². The minimum absolute atomic E-state index is 0.00458. The Bertz CT molecular complexity index is 144. The molecule has 1 amide bonds. The van der Waals surface area contributed by atoms with Crippen LogP contribution < -0.4 is 5.32 Å². The van der Waals surface area contributed by atoms with Gasteiger partial charge in [0.05, 0.1) is 0 Å². The topological polar surface area (TPSA) is 46.2 Å². The van der Waals surface area contributed by atoms with Gasteiger partial charge in [-0.15, -0.1) is 0 Å². The summed E-state index contributed by atoms with van der Waals surface area (Å²) in [5.74, 6) is -0.0236. The van der Waals surface area contributed by atoms with Gasteiger partial charge in [0.2, 0.25) is 5.91 Å². The fourth-order valence-electron chi connectivity index (χ4n) is 0.852. The van der Waals surface area contributed by atoms with Crippen LogP contribution in [0, 0.1) is 11.8 Å². The Hall–Kier alpha value is -0.860. The Balaban J connectivity index is 2.33. The van der Waals surface area contributed by atoms with Crippen LogP contribution in [-0.2, 0) is 9.59 Å². The number of nitrogens with one attached hydrogen (secondary N) is 1. The molecule has 0 heterocycles. The third-order valence-corrected chi connectivity index (χ3v) is 1.60. The molecule has 1 aliphatic rings. The summed E-state index contributed by atoms with van der Waals surface area (Å²) >= 11 is 0. The molecule has 2 atom stereocenters. The molecule has 0 aromatic heterocycles. The van der Waals surface area contributed by atoms with Crippen molar-refractivity contribution in [3.05, 3.63) is 0 Å². The summed E-state index contributed by atoms with van der Waals surface area (Å²) in [6.45, 7) is 0. The summed E-state index contributed by atoms with van der Waals surface area (Å²) in [7, 11) is 1.59. The fourth-order valence-corrected chi connectivity index (χ4v) is 0.852. The van der Waals surface area contributed by atoms with Gasteiger partial charge in [-0.1, -0.05) is 0 Å². The molecule has 3 nitrogen and oxygen atoms in total. The second-order valence-electron chi connectivity index (χ2n) is 2.26. The highest BCUT2D eigenvalue weighted by molar-refractivity contribution is 5.85. The largest absolute Gasteiger partial charge is 0.359 e. The molecule has 0 aliphatic heterocycles. The summed E-state index contributed by atoms with van der Waals surface area (Å²) in [5.41, 5.74) is 0. The first kappa shape index (κ1) is 6.26. The Morgan fingerprint density at radius 3 is 2.78 bits per heavy atom. The van der Waals surface area contributed by atoms with Crippen molar-refractivity contribution in [3.8, 4) is 0 Å². The molecule has 0 aromatic carbocycles. The van der Waals surface area contributed by atoms with E-state index in [0.29, 0.717) is 0 Å². The number of carbonyl (C=O) groups excluding carboxylic acids is 2. The van der Waals surface area contributed by atoms with Crippen molar-refractivity contribution in [2.45, 2.75) is 6.42 Å². The third kappa shape index (κ3) is 1.09. The maximum Gasteiger partial charge on any atom is 0.223 e. The number of aldehydes is 1. The molecule has 1 saturated carbocycles. The highest BCUT2D eigenvalue weighted by atomic mass is 16.2. The predicted molar refractivity (Wildman–Crippen MR) is 31.7 cm³/mol. The van der Waals surface area contributed by atoms with Crippen molar-refractivity contribution in [2.75, 3.05) is 7.05 Å². The van der Waals surface area contributed by atoms with Crippen molar-refractivity contribution in [1.82, 2.24) is 5.32 Å². The van der Waals surface area contributed by atoms with Gasteiger partial charge in [0.1, 0.15) is 6.29 Å². The van der Waals surface area contributed by atoms with E-state index in [1.807, 2.05) is 0 Å². The summed E-state index contributed by atoms with van der Waals surface area (Å²) in [5, 5.41) is 2.49. The molecule has 0 unspecified atom stereocenters. The van der Waals surface area contributed by atoms with Crippen LogP contribution in [0.25, 0.3) is 0 Å². The van der Waals surface area contributed by atoms with Crippen LogP contribution in [0.3, 0.4) is 0 Å². The van der Waals surface area contributed by atoms with E-state index >= 15 is 0 Å². The Morgan fingerprint density at radius 2 is 2.44 bits per heavy atom. The van der Waals surface area contributed by atoms with Gasteiger partial charge in [0, 0.05) is 18.9 Å². The first-order chi connectivity index (χ1) is 4.29. The molecule has 0 saturated heterocycles. The van der Waals surface area contributed by atoms with E-state index < -0.39 is 0 Å².